The number of anilines is 1. The van der Waals surface area contributed by atoms with Gasteiger partial charge >= 0.3 is 0 Å². The lowest BCUT2D eigenvalue weighted by Gasteiger charge is -2.13. The van der Waals surface area contributed by atoms with E-state index in [-0.39, 0.29) is 11.7 Å². The summed E-state index contributed by atoms with van der Waals surface area (Å²) in [6.07, 6.45) is 1.54. The first-order valence-corrected chi connectivity index (χ1v) is 4.78. The molecule has 0 amide bonds. The van der Waals surface area contributed by atoms with Crippen molar-refractivity contribution in [3.05, 3.63) is 23.9 Å². The van der Waals surface area contributed by atoms with Gasteiger partial charge in [-0.25, -0.2) is 4.98 Å². The topological polar surface area (TPSA) is 56.0 Å². The Kier molecular flexibility index (Phi) is 3.23. The number of aromatic nitrogens is 1. The zero-order valence-corrected chi connectivity index (χ0v) is 8.82. The highest BCUT2D eigenvalue weighted by Gasteiger charge is 2.18. The summed E-state index contributed by atoms with van der Waals surface area (Å²) in [6, 6.07) is 3.38. The first-order valence-electron chi connectivity index (χ1n) is 4.78. The molecule has 1 atom stereocenters. The third kappa shape index (κ3) is 2.31. The van der Waals surface area contributed by atoms with Crippen molar-refractivity contribution in [2.24, 2.45) is 11.8 Å². The van der Waals surface area contributed by atoms with Gasteiger partial charge in [0.2, 0.25) is 0 Å². The van der Waals surface area contributed by atoms with E-state index in [1.165, 1.54) is 6.20 Å². The molecule has 14 heavy (non-hydrogen) atoms. The molecule has 2 N–H and O–H groups in total. The molecular weight excluding hydrogens is 176 g/mol. The zero-order valence-electron chi connectivity index (χ0n) is 8.82. The summed E-state index contributed by atoms with van der Waals surface area (Å²) in [5.41, 5.74) is 6.08. The van der Waals surface area contributed by atoms with Crippen LogP contribution in [0.3, 0.4) is 0 Å². The number of nitrogens with zero attached hydrogens (tertiary/aromatic N) is 1. The minimum Gasteiger partial charge on any atom is -0.384 e. The fraction of sp³-hybridized carbons (Fsp3) is 0.455. The van der Waals surface area contributed by atoms with Crippen LogP contribution >= 0.6 is 0 Å². The van der Waals surface area contributed by atoms with E-state index in [1.807, 2.05) is 20.8 Å². The first kappa shape index (κ1) is 10.7. The molecule has 0 saturated carbocycles. The van der Waals surface area contributed by atoms with Crippen LogP contribution in [0.5, 0.6) is 0 Å². The van der Waals surface area contributed by atoms with Crippen molar-refractivity contribution in [2.75, 3.05) is 5.73 Å². The highest BCUT2D eigenvalue weighted by molar-refractivity contribution is 5.97. The Balaban J connectivity index is 2.84. The number of carbonyl (C=O) groups excluding carboxylic acids is 1. The molecule has 1 aromatic rings. The van der Waals surface area contributed by atoms with Gasteiger partial charge in [0, 0.05) is 17.7 Å². The van der Waals surface area contributed by atoms with E-state index in [0.717, 1.165) is 0 Å². The van der Waals surface area contributed by atoms with Crippen LogP contribution < -0.4 is 5.73 Å². The van der Waals surface area contributed by atoms with Gasteiger partial charge < -0.3 is 5.73 Å². The van der Waals surface area contributed by atoms with Gasteiger partial charge in [-0.05, 0) is 18.1 Å². The van der Waals surface area contributed by atoms with Gasteiger partial charge in [-0.2, -0.15) is 0 Å². The Morgan fingerprint density at radius 1 is 1.36 bits per heavy atom. The van der Waals surface area contributed by atoms with E-state index < -0.39 is 0 Å². The smallest absolute Gasteiger partial charge is 0.167 e. The Labute approximate surface area is 84.3 Å². The Morgan fingerprint density at radius 2 is 2.00 bits per heavy atom. The monoisotopic (exact) mass is 192 g/mol. The molecule has 0 aliphatic rings. The summed E-state index contributed by atoms with van der Waals surface area (Å²) in [7, 11) is 0. The standard InChI is InChI=1S/C11H16N2O/c1-7(2)8(3)11(14)9-4-5-10(12)13-6-9/h4-8H,1-3H3,(H2,12,13). The van der Waals surface area contributed by atoms with E-state index in [4.69, 9.17) is 5.73 Å². The number of hydrogen-bond acceptors (Lipinski definition) is 3. The molecule has 0 aliphatic carbocycles. The fourth-order valence-corrected chi connectivity index (χ4v) is 1.12. The zero-order chi connectivity index (χ0) is 10.7. The largest absolute Gasteiger partial charge is 0.384 e. The molecule has 0 aliphatic heterocycles. The summed E-state index contributed by atoms with van der Waals surface area (Å²) in [5, 5.41) is 0. The van der Waals surface area contributed by atoms with E-state index in [9.17, 15) is 4.79 Å². The molecular formula is C11H16N2O. The molecule has 1 aromatic heterocycles. The first-order chi connectivity index (χ1) is 6.52. The molecule has 3 heteroatoms. The van der Waals surface area contributed by atoms with Gasteiger partial charge in [-0.3, -0.25) is 4.79 Å². The van der Waals surface area contributed by atoms with Crippen LogP contribution in [0.2, 0.25) is 0 Å². The second-order valence-electron chi connectivity index (χ2n) is 3.87. The maximum Gasteiger partial charge on any atom is 0.167 e. The van der Waals surface area contributed by atoms with Crippen molar-refractivity contribution >= 4 is 11.6 Å². The average Bonchev–Trinajstić information content (AvgIpc) is 2.16. The molecule has 0 radical (unpaired) electrons. The lowest BCUT2D eigenvalue weighted by Crippen LogP contribution is -2.17. The van der Waals surface area contributed by atoms with Gasteiger partial charge in [-0.1, -0.05) is 20.8 Å². The molecule has 1 heterocycles. The van der Waals surface area contributed by atoms with Crippen LogP contribution in [0.4, 0.5) is 5.82 Å². The van der Waals surface area contributed by atoms with E-state index in [1.54, 1.807) is 12.1 Å². The predicted molar refractivity (Wildman–Crippen MR) is 57.0 cm³/mol. The maximum absolute atomic E-state index is 11.8. The van der Waals surface area contributed by atoms with Gasteiger partial charge in [0.25, 0.3) is 0 Å². The second kappa shape index (κ2) is 4.22. The molecule has 0 spiro atoms. The van der Waals surface area contributed by atoms with Crippen LogP contribution in [0.1, 0.15) is 31.1 Å². The van der Waals surface area contributed by atoms with Gasteiger partial charge in [-0.15, -0.1) is 0 Å². The van der Waals surface area contributed by atoms with Gasteiger partial charge in [0.15, 0.2) is 5.78 Å². The Bertz CT molecular complexity index is 317. The molecule has 0 aromatic carbocycles. The fourth-order valence-electron chi connectivity index (χ4n) is 1.12. The van der Waals surface area contributed by atoms with E-state index >= 15 is 0 Å². The Hall–Kier alpha value is -1.38. The van der Waals surface area contributed by atoms with Crippen molar-refractivity contribution in [2.45, 2.75) is 20.8 Å². The second-order valence-corrected chi connectivity index (χ2v) is 3.87. The van der Waals surface area contributed by atoms with Crippen molar-refractivity contribution in [3.63, 3.8) is 0 Å². The third-order valence-electron chi connectivity index (χ3n) is 2.48. The highest BCUT2D eigenvalue weighted by atomic mass is 16.1. The van der Waals surface area contributed by atoms with Crippen molar-refractivity contribution in [1.29, 1.82) is 0 Å². The summed E-state index contributed by atoms with van der Waals surface area (Å²) >= 11 is 0. The molecule has 1 unspecified atom stereocenters. The molecule has 0 fully saturated rings. The van der Waals surface area contributed by atoms with E-state index in [0.29, 0.717) is 17.3 Å². The van der Waals surface area contributed by atoms with Crippen LogP contribution in [0.15, 0.2) is 18.3 Å². The minimum atomic E-state index is 0.0282. The number of nitrogen functional groups attached to an aromatic ring is 1. The van der Waals surface area contributed by atoms with Crippen LogP contribution in [-0.2, 0) is 0 Å². The lowest BCUT2D eigenvalue weighted by molar-refractivity contribution is 0.0899. The molecule has 3 nitrogen and oxygen atoms in total. The van der Waals surface area contributed by atoms with Crippen molar-refractivity contribution in [1.82, 2.24) is 4.98 Å². The number of Topliss-reactive ketones (excluding diaryl/α,β-unsaturated/α-hetero) is 1. The summed E-state index contributed by atoms with van der Waals surface area (Å²) in [6.45, 7) is 6.00. The van der Waals surface area contributed by atoms with Crippen LogP contribution in [0, 0.1) is 11.8 Å². The van der Waals surface area contributed by atoms with Crippen molar-refractivity contribution in [3.8, 4) is 0 Å². The number of ketones is 1. The number of nitrogens with two attached hydrogens (primary N) is 1. The molecule has 76 valence electrons. The number of pyridine rings is 1. The summed E-state index contributed by atoms with van der Waals surface area (Å²) in [4.78, 5) is 15.7. The lowest BCUT2D eigenvalue weighted by atomic mass is 9.90. The number of carbonyl (C=O) groups is 1. The van der Waals surface area contributed by atoms with Crippen molar-refractivity contribution < 1.29 is 4.79 Å². The number of hydrogen-bond donors (Lipinski definition) is 1. The van der Waals surface area contributed by atoms with Crippen LogP contribution in [-0.4, -0.2) is 10.8 Å². The van der Waals surface area contributed by atoms with Gasteiger partial charge in [0.1, 0.15) is 5.82 Å². The molecule has 1 rings (SSSR count). The normalized spacial score (nSPS) is 12.9. The molecule has 0 saturated heterocycles. The maximum atomic E-state index is 11.8. The third-order valence-corrected chi connectivity index (χ3v) is 2.48. The quantitative estimate of drug-likeness (QED) is 0.746. The highest BCUT2D eigenvalue weighted by Crippen LogP contribution is 2.16. The number of rotatable bonds is 3. The average molecular weight is 192 g/mol. The SMILES string of the molecule is CC(C)C(C)C(=O)c1ccc(N)nc1. The summed E-state index contributed by atoms with van der Waals surface area (Å²) < 4.78 is 0. The van der Waals surface area contributed by atoms with E-state index in [2.05, 4.69) is 4.98 Å². The minimum absolute atomic E-state index is 0.0282. The van der Waals surface area contributed by atoms with Gasteiger partial charge in [0.05, 0.1) is 0 Å². The van der Waals surface area contributed by atoms with Crippen LogP contribution in [0.25, 0.3) is 0 Å². The predicted octanol–water partition coefficient (Wildman–Crippen LogP) is 2.14. The Morgan fingerprint density at radius 3 is 2.43 bits per heavy atom. The molecule has 0 bridgehead atoms. The summed E-state index contributed by atoms with van der Waals surface area (Å²) in [5.74, 6) is 0.951.